The molecule has 0 bridgehead atoms. The van der Waals surface area contributed by atoms with Crippen molar-refractivity contribution in [3.05, 3.63) is 0 Å². The molecule has 0 aromatic heterocycles. The van der Waals surface area contributed by atoms with E-state index in [9.17, 15) is 0 Å². The molecule has 0 aromatic carbocycles. The van der Waals surface area contributed by atoms with E-state index in [0.29, 0.717) is 4.32 Å². The third-order valence-corrected chi connectivity index (χ3v) is 4.27. The zero-order valence-electron chi connectivity index (χ0n) is 3.26. The Hall–Kier alpha value is 2.41. The van der Waals surface area contributed by atoms with Gasteiger partial charge in [-0.3, -0.25) is 0 Å². The van der Waals surface area contributed by atoms with Crippen molar-refractivity contribution in [2.24, 2.45) is 5.73 Å². The summed E-state index contributed by atoms with van der Waals surface area (Å²) >= 11 is 9.28. The van der Waals surface area contributed by atoms with Gasteiger partial charge in [-0.2, -0.15) is 0 Å². The van der Waals surface area contributed by atoms with Gasteiger partial charge in [0.1, 0.15) is 0 Å². The van der Waals surface area contributed by atoms with Gasteiger partial charge in [0, 0.05) is 0 Å². The fraction of sp³-hybridized carbons (Fsp3) is 0. The molecule has 0 aliphatic carbocycles. The first kappa shape index (κ1) is 12.1. The standard InChI is InChI=1S/CH3NS2.Mo.Re.Sb.2H/c2-1(3)4;;;;;/h(H3,2,3,4);;;;;/q;;;+1;;/p-1. The minimum absolute atomic E-state index is 0.562. The van der Waals surface area contributed by atoms with Gasteiger partial charge in [0.2, 0.25) is 0 Å². The first-order chi connectivity index (χ1) is 3.27. The monoisotopic (exact) mass is 500 g/mol. The topological polar surface area (TPSA) is 26.0 Å². The Kier molecular flexibility index (Phi) is 19.5. The van der Waals surface area contributed by atoms with Crippen molar-refractivity contribution < 1.29 is 33.2 Å². The molecule has 0 atom stereocenters. The van der Waals surface area contributed by atoms with E-state index in [1.54, 1.807) is 16.3 Å². The summed E-state index contributed by atoms with van der Waals surface area (Å²) in [5.74, 6) is 0. The molecule has 0 aliphatic heterocycles. The van der Waals surface area contributed by atoms with Crippen LogP contribution in [0.15, 0.2) is 0 Å². The molecule has 7 heavy (non-hydrogen) atoms. The van der Waals surface area contributed by atoms with Crippen molar-refractivity contribution in [3.63, 3.8) is 0 Å². The van der Waals surface area contributed by atoms with Crippen LogP contribution in [0, 0.1) is 0 Å². The predicted octanol–water partition coefficient (Wildman–Crippen LogP) is -0.494. The Morgan fingerprint density at radius 3 is 2.00 bits per heavy atom. The number of hydrogen-bond acceptors (Lipinski definition) is 2. The fourth-order valence-electron chi connectivity index (χ4n) is 0. The van der Waals surface area contributed by atoms with Crippen molar-refractivity contribution in [2.75, 3.05) is 0 Å². The maximum absolute atomic E-state index is 5.02. The Morgan fingerprint density at radius 2 is 2.00 bits per heavy atom. The Bertz CT molecular complexity index is 53.0. The molecule has 0 saturated carbocycles. The average molecular weight is 498 g/mol. The van der Waals surface area contributed by atoms with Crippen LogP contribution in [0.4, 0.5) is 0 Å². The second-order valence-corrected chi connectivity index (χ2v) is 3.83. The van der Waals surface area contributed by atoms with E-state index >= 15 is 0 Å². The molecule has 0 spiro atoms. The van der Waals surface area contributed by atoms with Crippen LogP contribution in [0.3, 0.4) is 0 Å². The van der Waals surface area contributed by atoms with E-state index < -0.39 is 0 Å². The van der Waals surface area contributed by atoms with Crippen LogP contribution in [0.5, 0.6) is 0 Å². The number of rotatable bonds is 0. The zero-order chi connectivity index (χ0) is 6.28. The van der Waals surface area contributed by atoms with Crippen molar-refractivity contribution in [1.29, 1.82) is 0 Å². The summed E-state index contributed by atoms with van der Waals surface area (Å²) < 4.78 is 0.562. The predicted molar refractivity (Wildman–Crippen MR) is 32.9 cm³/mol. The molecule has 6 heteroatoms. The molecule has 0 radical (unpaired) electrons. The molecule has 43 valence electrons. The van der Waals surface area contributed by atoms with Crippen LogP contribution >= 0.6 is 21.1 Å². The van der Waals surface area contributed by atoms with Crippen LogP contribution in [0.1, 0.15) is 0 Å². The van der Waals surface area contributed by atoms with Gasteiger partial charge < -0.3 is 0 Å². The van der Waals surface area contributed by atoms with Crippen LogP contribution in [0.25, 0.3) is 0 Å². The van der Waals surface area contributed by atoms with Gasteiger partial charge in [0.25, 0.3) is 0 Å². The van der Waals surface area contributed by atoms with E-state index in [0.717, 1.165) is 21.6 Å². The minimum atomic E-state index is 0.562. The van der Waals surface area contributed by atoms with Crippen molar-refractivity contribution in [3.8, 4) is 0 Å². The summed E-state index contributed by atoms with van der Waals surface area (Å²) in [6.45, 7) is 0. The first-order valence-electron chi connectivity index (χ1n) is 1.09. The van der Waals surface area contributed by atoms with Crippen molar-refractivity contribution in [1.82, 2.24) is 0 Å². The van der Waals surface area contributed by atoms with Gasteiger partial charge in [-0.25, -0.2) is 0 Å². The molecule has 0 fully saturated rings. The summed E-state index contributed by atoms with van der Waals surface area (Å²) in [7, 11) is 1.52. The van der Waals surface area contributed by atoms with Gasteiger partial charge in [-0.1, -0.05) is 0 Å². The molecule has 2 N–H and O–H groups in total. The van der Waals surface area contributed by atoms with Crippen LogP contribution in [-0.2, 0) is 33.2 Å². The zero-order valence-corrected chi connectivity index (χ0v) is 12.9. The van der Waals surface area contributed by atoms with Crippen LogP contribution < -0.4 is 5.73 Å². The first-order valence-corrected chi connectivity index (χ1v) is 13.7. The molecule has 0 aromatic rings. The van der Waals surface area contributed by atoms with Gasteiger partial charge >= 0.3 is 86.0 Å². The SMILES string of the molecule is NC(=S)[S][SbH2].[Mo][Re]. The maximum atomic E-state index is 5.02. The Morgan fingerprint density at radius 1 is 1.86 bits per heavy atom. The Balaban J connectivity index is 0. The average Bonchev–Trinajstić information content (AvgIpc) is 1.73. The normalized spacial score (nSPS) is 6.00. The summed E-state index contributed by atoms with van der Waals surface area (Å²) in [5.41, 5.74) is 5.02. The summed E-state index contributed by atoms with van der Waals surface area (Å²) in [5, 5.41) is 0. The molecule has 0 amide bonds. The van der Waals surface area contributed by atoms with Gasteiger partial charge in [0.05, 0.1) is 0 Å². The summed E-state index contributed by atoms with van der Waals surface area (Å²) in [4.78, 5) is 0. The number of nitrogens with two attached hydrogens (primary N) is 1. The van der Waals surface area contributed by atoms with E-state index in [1.165, 1.54) is 8.85 Å². The van der Waals surface area contributed by atoms with E-state index in [2.05, 4.69) is 12.2 Å². The van der Waals surface area contributed by atoms with Gasteiger partial charge in [0.15, 0.2) is 0 Å². The van der Waals surface area contributed by atoms with E-state index in [-0.39, 0.29) is 0 Å². The third-order valence-electron chi connectivity index (χ3n) is 0.116. The second kappa shape index (κ2) is 11.2. The second-order valence-electron chi connectivity index (χ2n) is 0.437. The molecule has 0 aliphatic rings. The summed E-state index contributed by atoms with van der Waals surface area (Å²) in [6, 6.07) is 0. The van der Waals surface area contributed by atoms with E-state index in [4.69, 9.17) is 5.73 Å². The van der Waals surface area contributed by atoms with Gasteiger partial charge in [-0.15, -0.1) is 0 Å². The number of hydrogen-bond donors (Lipinski definition) is 1. The molecule has 0 saturated heterocycles. The molecular formula is CH4MoNReS2Sb. The molecule has 0 heterocycles. The van der Waals surface area contributed by atoms with Crippen molar-refractivity contribution >= 4 is 47.0 Å². The summed E-state index contributed by atoms with van der Waals surface area (Å²) in [6.07, 6.45) is 0. The molecular weight excluding hydrogens is 494 g/mol. The quantitative estimate of drug-likeness (QED) is 0.361. The van der Waals surface area contributed by atoms with Crippen LogP contribution in [-0.4, -0.2) is 25.9 Å². The Labute approximate surface area is 84.5 Å². The fourth-order valence-corrected chi connectivity index (χ4v) is 0. The molecule has 1 nitrogen and oxygen atoms in total. The molecule has 0 unspecified atom stereocenters. The van der Waals surface area contributed by atoms with Gasteiger partial charge in [-0.05, 0) is 0 Å². The van der Waals surface area contributed by atoms with Crippen LogP contribution in [0.2, 0.25) is 0 Å². The number of thiocarbonyl (C=S) groups is 1. The van der Waals surface area contributed by atoms with E-state index in [1.807, 2.05) is 17.0 Å². The van der Waals surface area contributed by atoms with Crippen molar-refractivity contribution in [2.45, 2.75) is 0 Å². The molecule has 0 rings (SSSR count). The third kappa shape index (κ3) is 17.8.